The van der Waals surface area contributed by atoms with Crippen LogP contribution >= 0.6 is 22.9 Å². The van der Waals surface area contributed by atoms with Gasteiger partial charge in [0, 0.05) is 5.69 Å². The first-order valence-corrected chi connectivity index (χ1v) is 10.00. The molecule has 3 rings (SSSR count). The van der Waals surface area contributed by atoms with E-state index in [1.54, 1.807) is 18.2 Å². The molecule has 0 aliphatic heterocycles. The number of halogens is 1. The summed E-state index contributed by atoms with van der Waals surface area (Å²) in [4.78, 5) is 16.8. The SMILES string of the molecule is CCOc1ccccc1OCC(=O)NN=Cc1sc(Nc2ccccc2)nc1Cl. The van der Waals surface area contributed by atoms with Crippen LogP contribution in [-0.4, -0.2) is 30.3 Å². The smallest absolute Gasteiger partial charge is 0.277 e. The highest BCUT2D eigenvalue weighted by atomic mass is 35.5. The van der Waals surface area contributed by atoms with Crippen molar-refractivity contribution in [3.05, 3.63) is 64.6 Å². The summed E-state index contributed by atoms with van der Waals surface area (Å²) < 4.78 is 10.9. The van der Waals surface area contributed by atoms with E-state index in [1.807, 2.05) is 43.3 Å². The van der Waals surface area contributed by atoms with Crippen LogP contribution in [0.2, 0.25) is 5.15 Å². The van der Waals surface area contributed by atoms with Crippen LogP contribution in [0.1, 0.15) is 11.8 Å². The molecular formula is C20H19ClN4O3S. The standard InChI is InChI=1S/C20H19ClN4O3S/c1-2-27-15-10-6-7-11-16(15)28-13-18(26)25-22-12-17-19(21)24-20(29-17)23-14-8-4-3-5-9-14/h3-12H,2,13H2,1H3,(H,23,24)(H,25,26). The molecule has 150 valence electrons. The van der Waals surface area contributed by atoms with Gasteiger partial charge in [-0.05, 0) is 31.2 Å². The van der Waals surface area contributed by atoms with E-state index in [9.17, 15) is 4.79 Å². The third-order valence-corrected chi connectivity index (χ3v) is 4.82. The van der Waals surface area contributed by atoms with Gasteiger partial charge in [-0.3, -0.25) is 4.79 Å². The zero-order valence-electron chi connectivity index (χ0n) is 15.6. The molecule has 0 bridgehead atoms. The van der Waals surface area contributed by atoms with Crippen molar-refractivity contribution in [1.29, 1.82) is 0 Å². The van der Waals surface area contributed by atoms with Crippen molar-refractivity contribution in [3.8, 4) is 11.5 Å². The molecular weight excluding hydrogens is 412 g/mol. The van der Waals surface area contributed by atoms with E-state index in [-0.39, 0.29) is 6.61 Å². The largest absolute Gasteiger partial charge is 0.490 e. The molecule has 3 aromatic rings. The lowest BCUT2D eigenvalue weighted by Gasteiger charge is -2.10. The lowest BCUT2D eigenvalue weighted by Crippen LogP contribution is -2.24. The number of anilines is 2. The van der Waals surface area contributed by atoms with Crippen molar-refractivity contribution in [2.75, 3.05) is 18.5 Å². The maximum atomic E-state index is 12.0. The highest BCUT2D eigenvalue weighted by Crippen LogP contribution is 2.28. The van der Waals surface area contributed by atoms with Crippen LogP contribution in [0.3, 0.4) is 0 Å². The minimum atomic E-state index is -0.407. The summed E-state index contributed by atoms with van der Waals surface area (Å²) in [6, 6.07) is 16.8. The minimum Gasteiger partial charge on any atom is -0.490 e. The van der Waals surface area contributed by atoms with Gasteiger partial charge in [-0.25, -0.2) is 10.4 Å². The van der Waals surface area contributed by atoms with Gasteiger partial charge in [0.15, 0.2) is 28.4 Å². The highest BCUT2D eigenvalue weighted by Gasteiger charge is 2.09. The van der Waals surface area contributed by atoms with Crippen LogP contribution in [0.15, 0.2) is 59.7 Å². The number of nitrogens with one attached hydrogen (secondary N) is 2. The van der Waals surface area contributed by atoms with Crippen molar-refractivity contribution in [1.82, 2.24) is 10.4 Å². The lowest BCUT2D eigenvalue weighted by atomic mass is 10.3. The molecule has 1 heterocycles. The molecule has 0 saturated carbocycles. The monoisotopic (exact) mass is 430 g/mol. The van der Waals surface area contributed by atoms with Crippen LogP contribution in [-0.2, 0) is 4.79 Å². The van der Waals surface area contributed by atoms with Gasteiger partial charge in [-0.2, -0.15) is 5.10 Å². The molecule has 0 saturated heterocycles. The molecule has 0 fully saturated rings. The van der Waals surface area contributed by atoms with Gasteiger partial charge in [0.05, 0.1) is 17.7 Å². The van der Waals surface area contributed by atoms with Gasteiger partial charge in [-0.15, -0.1) is 0 Å². The van der Waals surface area contributed by atoms with E-state index in [0.29, 0.717) is 33.3 Å². The van der Waals surface area contributed by atoms with E-state index < -0.39 is 5.91 Å². The number of carbonyl (C=O) groups is 1. The number of benzene rings is 2. The number of amides is 1. The first-order valence-electron chi connectivity index (χ1n) is 8.80. The van der Waals surface area contributed by atoms with E-state index in [4.69, 9.17) is 21.1 Å². The molecule has 0 atom stereocenters. The summed E-state index contributed by atoms with van der Waals surface area (Å²) in [7, 11) is 0. The van der Waals surface area contributed by atoms with E-state index in [2.05, 4.69) is 20.8 Å². The number of hydrogen-bond donors (Lipinski definition) is 2. The normalized spacial score (nSPS) is 10.7. The molecule has 9 heteroatoms. The second-order valence-electron chi connectivity index (χ2n) is 5.63. The lowest BCUT2D eigenvalue weighted by molar-refractivity contribution is -0.123. The number of aromatic nitrogens is 1. The second kappa shape index (κ2) is 10.4. The number of hydrazone groups is 1. The Hall–Kier alpha value is -3.10. The molecule has 0 spiro atoms. The number of para-hydroxylation sites is 3. The Kier molecular flexibility index (Phi) is 7.43. The summed E-state index contributed by atoms with van der Waals surface area (Å²) in [5.41, 5.74) is 3.31. The first-order chi connectivity index (χ1) is 14.2. The van der Waals surface area contributed by atoms with Crippen LogP contribution in [0.5, 0.6) is 11.5 Å². The predicted molar refractivity (Wildman–Crippen MR) is 116 cm³/mol. The fourth-order valence-electron chi connectivity index (χ4n) is 2.27. The van der Waals surface area contributed by atoms with Crippen molar-refractivity contribution in [3.63, 3.8) is 0 Å². The number of carbonyl (C=O) groups excluding carboxylic acids is 1. The highest BCUT2D eigenvalue weighted by molar-refractivity contribution is 7.17. The Labute approximate surface area is 177 Å². The average Bonchev–Trinajstić information content (AvgIpc) is 3.07. The summed E-state index contributed by atoms with van der Waals surface area (Å²) in [5, 5.41) is 8.01. The summed E-state index contributed by atoms with van der Waals surface area (Å²) in [5.74, 6) is 0.674. The zero-order valence-corrected chi connectivity index (χ0v) is 17.2. The van der Waals surface area contributed by atoms with E-state index in [1.165, 1.54) is 17.6 Å². The van der Waals surface area contributed by atoms with Crippen molar-refractivity contribution < 1.29 is 14.3 Å². The van der Waals surface area contributed by atoms with Gasteiger partial charge < -0.3 is 14.8 Å². The number of rotatable bonds is 9. The van der Waals surface area contributed by atoms with Gasteiger partial charge >= 0.3 is 0 Å². The van der Waals surface area contributed by atoms with E-state index in [0.717, 1.165) is 5.69 Å². The second-order valence-corrected chi connectivity index (χ2v) is 7.02. The fraction of sp³-hybridized carbons (Fsp3) is 0.150. The quantitative estimate of drug-likeness (QED) is 0.386. The van der Waals surface area contributed by atoms with Crippen LogP contribution in [0.25, 0.3) is 0 Å². The number of thiazole rings is 1. The number of ether oxygens (including phenoxy) is 2. The van der Waals surface area contributed by atoms with Gasteiger partial charge in [0.25, 0.3) is 5.91 Å². The molecule has 0 unspecified atom stereocenters. The van der Waals surface area contributed by atoms with Gasteiger partial charge in [-0.1, -0.05) is 53.3 Å². The molecule has 1 aromatic heterocycles. The van der Waals surface area contributed by atoms with Gasteiger partial charge in [0.2, 0.25) is 0 Å². The maximum absolute atomic E-state index is 12.0. The third kappa shape index (κ3) is 6.20. The third-order valence-electron chi connectivity index (χ3n) is 3.51. The Morgan fingerprint density at radius 2 is 1.83 bits per heavy atom. The Morgan fingerprint density at radius 1 is 1.14 bits per heavy atom. The molecule has 7 nitrogen and oxygen atoms in total. The molecule has 1 amide bonds. The van der Waals surface area contributed by atoms with Crippen molar-refractivity contribution in [2.24, 2.45) is 5.10 Å². The predicted octanol–water partition coefficient (Wildman–Crippen LogP) is 4.47. The van der Waals surface area contributed by atoms with Crippen LogP contribution < -0.4 is 20.2 Å². The first kappa shape index (κ1) is 20.6. The summed E-state index contributed by atoms with van der Waals surface area (Å²) in [6.45, 7) is 2.19. The topological polar surface area (TPSA) is 84.8 Å². The van der Waals surface area contributed by atoms with Crippen LogP contribution in [0, 0.1) is 0 Å². The molecule has 2 N–H and O–H groups in total. The zero-order chi connectivity index (χ0) is 20.5. The summed E-state index contributed by atoms with van der Waals surface area (Å²) >= 11 is 7.45. The molecule has 0 radical (unpaired) electrons. The molecule has 29 heavy (non-hydrogen) atoms. The Morgan fingerprint density at radius 3 is 2.55 bits per heavy atom. The van der Waals surface area contributed by atoms with Crippen LogP contribution in [0.4, 0.5) is 10.8 Å². The fourth-order valence-corrected chi connectivity index (χ4v) is 3.32. The average molecular weight is 431 g/mol. The Bertz CT molecular complexity index is 979. The summed E-state index contributed by atoms with van der Waals surface area (Å²) in [6.07, 6.45) is 1.45. The maximum Gasteiger partial charge on any atom is 0.277 e. The molecule has 2 aromatic carbocycles. The van der Waals surface area contributed by atoms with Gasteiger partial charge in [0.1, 0.15) is 0 Å². The molecule has 0 aliphatic carbocycles. The number of hydrogen-bond acceptors (Lipinski definition) is 7. The van der Waals surface area contributed by atoms with E-state index >= 15 is 0 Å². The number of nitrogens with zero attached hydrogens (tertiary/aromatic N) is 2. The molecule has 0 aliphatic rings. The Balaban J connectivity index is 1.51. The minimum absolute atomic E-state index is 0.196. The van der Waals surface area contributed by atoms with Crippen molar-refractivity contribution in [2.45, 2.75) is 6.92 Å². The van der Waals surface area contributed by atoms with Crippen molar-refractivity contribution >= 4 is 45.9 Å².